The Morgan fingerprint density at radius 1 is 1.00 bits per heavy atom. The van der Waals surface area contributed by atoms with Crippen LogP contribution in [-0.2, 0) is 9.53 Å². The van der Waals surface area contributed by atoms with Crippen LogP contribution in [0.5, 0.6) is 5.75 Å². The van der Waals surface area contributed by atoms with Gasteiger partial charge in [0.1, 0.15) is 11.9 Å². The van der Waals surface area contributed by atoms with E-state index in [4.69, 9.17) is 9.47 Å². The van der Waals surface area contributed by atoms with Gasteiger partial charge in [0.05, 0.1) is 5.56 Å². The van der Waals surface area contributed by atoms with E-state index in [9.17, 15) is 9.59 Å². The van der Waals surface area contributed by atoms with Crippen LogP contribution in [0.15, 0.2) is 24.3 Å². The minimum atomic E-state index is -0.289. The predicted octanol–water partition coefficient (Wildman–Crippen LogP) is 5.30. The number of benzene rings is 1. The van der Waals surface area contributed by atoms with E-state index in [2.05, 4.69) is 6.92 Å². The van der Waals surface area contributed by atoms with Crippen molar-refractivity contribution in [3.8, 4) is 5.75 Å². The molecular weight excluding hydrogens is 316 g/mol. The van der Waals surface area contributed by atoms with Crippen LogP contribution in [0.4, 0.5) is 0 Å². The third-order valence-corrected chi connectivity index (χ3v) is 4.82. The molecule has 0 radical (unpaired) electrons. The highest BCUT2D eigenvalue weighted by molar-refractivity contribution is 5.89. The minimum absolute atomic E-state index is 0.0344. The Hall–Kier alpha value is -1.84. The predicted molar refractivity (Wildman–Crippen MR) is 97.7 cm³/mol. The molecule has 0 unspecified atom stereocenters. The fourth-order valence-corrected chi connectivity index (χ4v) is 3.33. The topological polar surface area (TPSA) is 52.6 Å². The number of hydrogen-bond acceptors (Lipinski definition) is 4. The Balaban J connectivity index is 1.79. The van der Waals surface area contributed by atoms with E-state index in [0.717, 1.165) is 44.4 Å². The van der Waals surface area contributed by atoms with Crippen LogP contribution in [0, 0.1) is 5.92 Å². The molecule has 0 atom stereocenters. The average Bonchev–Trinajstić information content (AvgIpc) is 2.62. The number of carbonyl (C=O) groups is 2. The van der Waals surface area contributed by atoms with E-state index in [1.54, 1.807) is 24.3 Å². The van der Waals surface area contributed by atoms with Crippen LogP contribution in [-0.4, -0.2) is 18.0 Å². The molecule has 2 rings (SSSR count). The van der Waals surface area contributed by atoms with E-state index in [1.807, 2.05) is 6.92 Å². The highest BCUT2D eigenvalue weighted by atomic mass is 16.5. The van der Waals surface area contributed by atoms with Gasteiger partial charge in [-0.3, -0.25) is 4.79 Å². The third-order valence-electron chi connectivity index (χ3n) is 4.82. The van der Waals surface area contributed by atoms with Gasteiger partial charge >= 0.3 is 11.9 Å². The van der Waals surface area contributed by atoms with Crippen molar-refractivity contribution in [2.24, 2.45) is 5.92 Å². The average molecular weight is 346 g/mol. The zero-order valence-electron chi connectivity index (χ0n) is 15.5. The monoisotopic (exact) mass is 346 g/mol. The molecule has 0 N–H and O–H groups in total. The normalized spacial score (nSPS) is 20.1. The summed E-state index contributed by atoms with van der Waals surface area (Å²) in [7, 11) is 0. The summed E-state index contributed by atoms with van der Waals surface area (Å²) in [6, 6.07) is 6.62. The molecule has 0 spiro atoms. The van der Waals surface area contributed by atoms with Gasteiger partial charge in [-0.25, -0.2) is 4.79 Å². The first-order valence-electron chi connectivity index (χ1n) is 9.64. The van der Waals surface area contributed by atoms with Gasteiger partial charge in [0.25, 0.3) is 0 Å². The molecule has 4 nitrogen and oxygen atoms in total. The number of unbranched alkanes of at least 4 members (excludes halogenated alkanes) is 1. The quantitative estimate of drug-likeness (QED) is 0.473. The molecule has 1 aromatic carbocycles. The lowest BCUT2D eigenvalue weighted by atomic mass is 9.85. The zero-order chi connectivity index (χ0) is 18.1. The maximum atomic E-state index is 12.3. The molecule has 0 heterocycles. The lowest BCUT2D eigenvalue weighted by molar-refractivity contribution is -0.134. The minimum Gasteiger partial charge on any atom is -0.459 e. The maximum absolute atomic E-state index is 12.3. The lowest BCUT2D eigenvalue weighted by Crippen LogP contribution is -2.24. The molecule has 0 aromatic heterocycles. The standard InChI is InChI=1S/C21H30O4/c1-3-5-7-20(22)24-18-14-10-17(11-15-18)21(23)25-19-12-8-16(6-4-2)9-13-19/h10-11,14-16,19H,3-9,12-13H2,1-2H3/t16-,19-. The third kappa shape index (κ3) is 6.52. The largest absolute Gasteiger partial charge is 0.459 e. The zero-order valence-corrected chi connectivity index (χ0v) is 15.5. The number of hydrogen-bond donors (Lipinski definition) is 0. The first kappa shape index (κ1) is 19.5. The van der Waals surface area contributed by atoms with Crippen molar-refractivity contribution < 1.29 is 19.1 Å². The van der Waals surface area contributed by atoms with Crippen molar-refractivity contribution >= 4 is 11.9 Å². The van der Waals surface area contributed by atoms with Gasteiger partial charge in [0.15, 0.2) is 0 Å². The summed E-state index contributed by atoms with van der Waals surface area (Å²) in [6.07, 6.45) is 8.96. The van der Waals surface area contributed by atoms with Gasteiger partial charge in [-0.2, -0.15) is 0 Å². The molecule has 1 aromatic rings. The highest BCUT2D eigenvalue weighted by Crippen LogP contribution is 2.29. The SMILES string of the molecule is CCCCC(=O)Oc1ccc(C(=O)O[C@H]2CC[C@H](CCC)CC2)cc1. The van der Waals surface area contributed by atoms with Crippen molar-refractivity contribution in [1.82, 2.24) is 0 Å². The van der Waals surface area contributed by atoms with Crippen molar-refractivity contribution in [2.45, 2.75) is 77.7 Å². The molecule has 1 saturated carbocycles. The summed E-state index contributed by atoms with van der Waals surface area (Å²) >= 11 is 0. The lowest BCUT2D eigenvalue weighted by Gasteiger charge is -2.28. The highest BCUT2D eigenvalue weighted by Gasteiger charge is 2.23. The Bertz CT molecular complexity index is 542. The summed E-state index contributed by atoms with van der Waals surface area (Å²) in [5.41, 5.74) is 0.504. The van der Waals surface area contributed by atoms with Gasteiger partial charge < -0.3 is 9.47 Å². The van der Waals surface area contributed by atoms with Gasteiger partial charge in [0, 0.05) is 6.42 Å². The van der Waals surface area contributed by atoms with Crippen molar-refractivity contribution in [3.63, 3.8) is 0 Å². The molecular formula is C21H30O4. The molecule has 4 heteroatoms. The molecule has 0 bridgehead atoms. The van der Waals surface area contributed by atoms with Gasteiger partial charge in [-0.15, -0.1) is 0 Å². The van der Waals surface area contributed by atoms with Crippen LogP contribution in [0.2, 0.25) is 0 Å². The van der Waals surface area contributed by atoms with Crippen molar-refractivity contribution in [2.75, 3.05) is 0 Å². The summed E-state index contributed by atoms with van der Waals surface area (Å²) in [4.78, 5) is 23.9. The van der Waals surface area contributed by atoms with E-state index in [-0.39, 0.29) is 18.0 Å². The molecule has 1 aliphatic rings. The van der Waals surface area contributed by atoms with Crippen molar-refractivity contribution in [3.05, 3.63) is 29.8 Å². The first-order chi connectivity index (χ1) is 12.1. The van der Waals surface area contributed by atoms with Crippen LogP contribution in [0.1, 0.15) is 82.0 Å². The van der Waals surface area contributed by atoms with Crippen LogP contribution >= 0.6 is 0 Å². The molecule has 138 valence electrons. The number of esters is 2. The molecule has 1 aliphatic carbocycles. The van der Waals surface area contributed by atoms with E-state index < -0.39 is 0 Å². The van der Waals surface area contributed by atoms with Gasteiger partial charge in [-0.1, -0.05) is 33.1 Å². The number of ether oxygens (including phenoxy) is 2. The molecule has 25 heavy (non-hydrogen) atoms. The summed E-state index contributed by atoms with van der Waals surface area (Å²) in [5.74, 6) is 0.739. The van der Waals surface area contributed by atoms with Gasteiger partial charge in [-0.05, 0) is 62.3 Å². The Morgan fingerprint density at radius 3 is 2.28 bits per heavy atom. The summed E-state index contributed by atoms with van der Waals surface area (Å²) < 4.78 is 10.9. The second kappa shape index (κ2) is 10.2. The van der Waals surface area contributed by atoms with E-state index in [0.29, 0.717) is 17.7 Å². The summed E-state index contributed by atoms with van der Waals surface area (Å²) in [5, 5.41) is 0. The Labute approximate surface area is 150 Å². The molecule has 0 amide bonds. The molecule has 0 aliphatic heterocycles. The second-order valence-electron chi connectivity index (χ2n) is 6.94. The fraction of sp³-hybridized carbons (Fsp3) is 0.619. The maximum Gasteiger partial charge on any atom is 0.338 e. The number of rotatable bonds is 8. The van der Waals surface area contributed by atoms with E-state index >= 15 is 0 Å². The Kier molecular flexibility index (Phi) is 7.96. The second-order valence-corrected chi connectivity index (χ2v) is 6.94. The number of carbonyl (C=O) groups excluding carboxylic acids is 2. The first-order valence-corrected chi connectivity index (χ1v) is 9.64. The smallest absolute Gasteiger partial charge is 0.338 e. The molecule has 0 saturated heterocycles. The summed E-state index contributed by atoms with van der Waals surface area (Å²) in [6.45, 7) is 4.25. The van der Waals surface area contributed by atoms with Crippen LogP contribution in [0.25, 0.3) is 0 Å². The van der Waals surface area contributed by atoms with Crippen LogP contribution in [0.3, 0.4) is 0 Å². The van der Waals surface area contributed by atoms with Crippen molar-refractivity contribution in [1.29, 1.82) is 0 Å². The Morgan fingerprint density at radius 2 is 1.68 bits per heavy atom. The van der Waals surface area contributed by atoms with Gasteiger partial charge in [0.2, 0.25) is 0 Å². The van der Waals surface area contributed by atoms with Crippen LogP contribution < -0.4 is 4.74 Å². The molecule has 1 fully saturated rings. The fourth-order valence-electron chi connectivity index (χ4n) is 3.33. The van der Waals surface area contributed by atoms with E-state index in [1.165, 1.54) is 12.8 Å².